The van der Waals surface area contributed by atoms with Gasteiger partial charge in [0.25, 0.3) is 11.9 Å². The van der Waals surface area contributed by atoms with Crippen LogP contribution in [0.4, 0.5) is 17.6 Å². The fraction of sp³-hybridized carbons (Fsp3) is 0.172. The highest BCUT2D eigenvalue weighted by Gasteiger charge is 2.37. The molecule has 6 rings (SSSR count). The van der Waals surface area contributed by atoms with Crippen molar-refractivity contribution in [2.75, 3.05) is 0 Å². The zero-order valence-corrected chi connectivity index (χ0v) is 21.7. The Morgan fingerprint density at radius 2 is 1.57 bits per heavy atom. The molecule has 0 saturated heterocycles. The number of pyridine rings is 2. The van der Waals surface area contributed by atoms with E-state index in [1.807, 2.05) is 30.5 Å². The molecule has 40 heavy (non-hydrogen) atoms. The van der Waals surface area contributed by atoms with Gasteiger partial charge in [0.05, 0.1) is 6.20 Å². The molecule has 7 nitrogen and oxygen atoms in total. The highest BCUT2D eigenvalue weighted by atomic mass is 19.3. The van der Waals surface area contributed by atoms with Crippen molar-refractivity contribution in [3.8, 4) is 28.2 Å². The van der Waals surface area contributed by atoms with Gasteiger partial charge in [-0.2, -0.15) is 14.5 Å². The average Bonchev–Trinajstić information content (AvgIpc) is 3.63. The highest BCUT2D eigenvalue weighted by molar-refractivity contribution is 5.73. The van der Waals surface area contributed by atoms with Crippen molar-refractivity contribution in [1.82, 2.24) is 33.9 Å². The summed E-state index contributed by atoms with van der Waals surface area (Å²) in [6.07, 6.45) is 5.87. The molecule has 0 amide bonds. The number of aryl methyl sites for hydroxylation is 2. The molecule has 5 aromatic heterocycles. The molecule has 0 saturated carbocycles. The lowest BCUT2D eigenvalue weighted by molar-refractivity contribution is -0.0217. The monoisotopic (exact) mass is 545 g/mol. The van der Waals surface area contributed by atoms with Crippen molar-refractivity contribution in [3.05, 3.63) is 108 Å². The van der Waals surface area contributed by atoms with Crippen LogP contribution in [0.5, 0.6) is 0 Å². The molecule has 0 bridgehead atoms. The number of benzene rings is 1. The summed E-state index contributed by atoms with van der Waals surface area (Å²) in [6.45, 7) is 4.70. The molecule has 0 aliphatic rings. The molecule has 0 radical (unpaired) electrons. The van der Waals surface area contributed by atoms with Crippen molar-refractivity contribution in [1.29, 1.82) is 0 Å². The molecule has 0 unspecified atom stereocenters. The SMILES string of the molecule is Cc1ccc(C)n1-c1nc2cc(-c3cc(-c4cnn([C@H](c5ccc(F)cc5)C(C)(F)F)c4)cnc3F)ccn2n1. The van der Waals surface area contributed by atoms with Gasteiger partial charge in [0.15, 0.2) is 5.65 Å². The quantitative estimate of drug-likeness (QED) is 0.175. The number of aromatic nitrogens is 7. The fourth-order valence-corrected chi connectivity index (χ4v) is 4.88. The Kier molecular flexibility index (Phi) is 6.01. The van der Waals surface area contributed by atoms with Crippen LogP contribution in [-0.4, -0.2) is 39.9 Å². The Bertz CT molecular complexity index is 1830. The first-order valence-electron chi connectivity index (χ1n) is 12.4. The maximum absolute atomic E-state index is 14.9. The highest BCUT2D eigenvalue weighted by Crippen LogP contribution is 2.36. The van der Waals surface area contributed by atoms with Crippen LogP contribution >= 0.6 is 0 Å². The standard InChI is InChI=1S/C29H23F4N7/c1-17-4-5-18(2)40(17)28-36-25-13-20(10-11-38(25)37-28)24-12-21(14-34-27(24)31)22-15-35-39(16-22)26(29(3,32)33)19-6-8-23(30)9-7-19/h4-16,26H,1-3H3/t26-/m1/s1. The Morgan fingerprint density at radius 3 is 2.27 bits per heavy atom. The van der Waals surface area contributed by atoms with Gasteiger partial charge in [-0.1, -0.05) is 12.1 Å². The van der Waals surface area contributed by atoms with Gasteiger partial charge in [-0.3, -0.25) is 9.25 Å². The molecule has 11 heteroatoms. The second-order valence-corrected chi connectivity index (χ2v) is 9.76. The molecule has 202 valence electrons. The van der Waals surface area contributed by atoms with Crippen molar-refractivity contribution in [3.63, 3.8) is 0 Å². The minimum atomic E-state index is -3.20. The van der Waals surface area contributed by atoms with E-state index < -0.39 is 23.7 Å². The molecule has 0 aliphatic heterocycles. The summed E-state index contributed by atoms with van der Waals surface area (Å²) in [5.74, 6) is -3.91. The lowest BCUT2D eigenvalue weighted by Crippen LogP contribution is -2.29. The van der Waals surface area contributed by atoms with Gasteiger partial charge in [0.2, 0.25) is 5.95 Å². The van der Waals surface area contributed by atoms with Crippen molar-refractivity contribution in [2.24, 2.45) is 0 Å². The second kappa shape index (κ2) is 9.44. The number of rotatable bonds is 6. The van der Waals surface area contributed by atoms with Crippen molar-refractivity contribution in [2.45, 2.75) is 32.7 Å². The number of nitrogens with zero attached hydrogens (tertiary/aromatic N) is 7. The second-order valence-electron chi connectivity index (χ2n) is 9.76. The van der Waals surface area contributed by atoms with Crippen LogP contribution in [0.15, 0.2) is 79.4 Å². The molecular formula is C29H23F4N7. The zero-order chi connectivity index (χ0) is 28.2. The molecule has 0 fully saturated rings. The Labute approximate surface area is 226 Å². The lowest BCUT2D eigenvalue weighted by atomic mass is 10.0. The minimum absolute atomic E-state index is 0.202. The van der Waals surface area contributed by atoms with E-state index in [4.69, 9.17) is 0 Å². The van der Waals surface area contributed by atoms with Crippen LogP contribution in [0.25, 0.3) is 33.8 Å². The first-order valence-corrected chi connectivity index (χ1v) is 12.4. The molecule has 0 aliphatic carbocycles. The van der Waals surface area contributed by atoms with Crippen LogP contribution in [-0.2, 0) is 0 Å². The van der Waals surface area contributed by atoms with Crippen LogP contribution in [0.3, 0.4) is 0 Å². The van der Waals surface area contributed by atoms with E-state index in [0.29, 0.717) is 28.3 Å². The number of fused-ring (bicyclic) bond motifs is 1. The number of hydrogen-bond acceptors (Lipinski definition) is 4. The largest absolute Gasteiger partial charge is 0.286 e. The van der Waals surface area contributed by atoms with Gasteiger partial charge < -0.3 is 0 Å². The predicted molar refractivity (Wildman–Crippen MR) is 141 cm³/mol. The third kappa shape index (κ3) is 4.53. The maximum atomic E-state index is 14.9. The van der Waals surface area contributed by atoms with Gasteiger partial charge >= 0.3 is 0 Å². The molecule has 5 heterocycles. The first-order chi connectivity index (χ1) is 19.1. The van der Waals surface area contributed by atoms with Gasteiger partial charge in [0, 0.05) is 53.6 Å². The molecule has 1 aromatic carbocycles. The summed E-state index contributed by atoms with van der Waals surface area (Å²) >= 11 is 0. The number of halogens is 4. The Balaban J connectivity index is 1.36. The van der Waals surface area contributed by atoms with Gasteiger partial charge in [-0.25, -0.2) is 22.7 Å². The zero-order valence-electron chi connectivity index (χ0n) is 21.7. The summed E-state index contributed by atoms with van der Waals surface area (Å²) < 4.78 is 62.3. The third-order valence-corrected chi connectivity index (χ3v) is 6.81. The van der Waals surface area contributed by atoms with Gasteiger partial charge in [-0.15, -0.1) is 5.10 Å². The molecule has 0 spiro atoms. The van der Waals surface area contributed by atoms with Crippen LogP contribution in [0.1, 0.15) is 29.9 Å². The molecular weight excluding hydrogens is 522 g/mol. The predicted octanol–water partition coefficient (Wildman–Crippen LogP) is 6.59. The van der Waals surface area contributed by atoms with E-state index in [-0.39, 0.29) is 11.1 Å². The van der Waals surface area contributed by atoms with E-state index in [9.17, 15) is 17.6 Å². The van der Waals surface area contributed by atoms with Crippen molar-refractivity contribution < 1.29 is 17.6 Å². The van der Waals surface area contributed by atoms with Crippen LogP contribution in [0.2, 0.25) is 0 Å². The Hall–Kier alpha value is -4.80. The smallest absolute Gasteiger partial charge is 0.271 e. The lowest BCUT2D eigenvalue weighted by Gasteiger charge is -2.24. The summed E-state index contributed by atoms with van der Waals surface area (Å²) in [7, 11) is 0. The summed E-state index contributed by atoms with van der Waals surface area (Å²) in [4.78, 5) is 8.53. The Morgan fingerprint density at radius 1 is 0.850 bits per heavy atom. The minimum Gasteiger partial charge on any atom is -0.286 e. The topological polar surface area (TPSA) is 65.8 Å². The number of alkyl halides is 2. The molecule has 0 N–H and O–H groups in total. The fourth-order valence-electron chi connectivity index (χ4n) is 4.88. The van der Waals surface area contributed by atoms with Gasteiger partial charge in [0.1, 0.15) is 11.9 Å². The van der Waals surface area contributed by atoms with Crippen LogP contribution < -0.4 is 0 Å². The molecule has 6 aromatic rings. The number of hydrogen-bond donors (Lipinski definition) is 0. The van der Waals surface area contributed by atoms with E-state index >= 15 is 0 Å². The van der Waals surface area contributed by atoms with E-state index in [2.05, 4.69) is 20.2 Å². The molecule has 1 atom stereocenters. The third-order valence-electron chi connectivity index (χ3n) is 6.81. The van der Waals surface area contributed by atoms with E-state index in [0.717, 1.165) is 35.1 Å². The first kappa shape index (κ1) is 25.5. The summed E-state index contributed by atoms with van der Waals surface area (Å²) in [5.41, 5.74) is 4.38. The maximum Gasteiger partial charge on any atom is 0.271 e. The summed E-state index contributed by atoms with van der Waals surface area (Å²) in [5, 5.41) is 8.70. The van der Waals surface area contributed by atoms with E-state index in [1.165, 1.54) is 30.7 Å². The summed E-state index contributed by atoms with van der Waals surface area (Å²) in [6, 6.07) is 12.4. The van der Waals surface area contributed by atoms with Gasteiger partial charge in [-0.05, 0) is 67.4 Å². The van der Waals surface area contributed by atoms with E-state index in [1.54, 1.807) is 28.9 Å². The van der Waals surface area contributed by atoms with Crippen LogP contribution in [0, 0.1) is 25.6 Å². The van der Waals surface area contributed by atoms with Crippen molar-refractivity contribution >= 4 is 5.65 Å². The normalized spacial score (nSPS) is 12.8. The average molecular weight is 546 g/mol.